The molecule has 0 aliphatic carbocycles. The van der Waals surface area contributed by atoms with Crippen LogP contribution in [-0.4, -0.2) is 45.9 Å². The molecule has 11 heteroatoms. The second-order valence-corrected chi connectivity index (χ2v) is 11.6. The number of thioether (sulfide) groups is 1. The summed E-state index contributed by atoms with van der Waals surface area (Å²) >= 11 is 13.1. The Balaban J connectivity index is 1.49. The molecule has 0 bridgehead atoms. The van der Waals surface area contributed by atoms with E-state index in [9.17, 15) is 19.2 Å². The molecule has 2 fully saturated rings. The van der Waals surface area contributed by atoms with Crippen LogP contribution >= 0.6 is 35.6 Å². The van der Waals surface area contributed by atoms with Gasteiger partial charge in [-0.2, -0.15) is 5.26 Å². The Bertz CT molecular complexity index is 1640. The van der Waals surface area contributed by atoms with E-state index in [4.69, 9.17) is 23.8 Å². The quantitative estimate of drug-likeness (QED) is 0.302. The van der Waals surface area contributed by atoms with Gasteiger partial charge in [-0.25, -0.2) is 4.39 Å². The lowest BCUT2D eigenvalue weighted by atomic mass is 10.0. The lowest BCUT2D eigenvalue weighted by Crippen LogP contribution is -2.48. The van der Waals surface area contributed by atoms with Crippen LogP contribution in [0, 0.1) is 24.1 Å². The van der Waals surface area contributed by atoms with Gasteiger partial charge >= 0.3 is 0 Å². The molecule has 2 aromatic carbocycles. The number of carbonyl (C=O) groups excluding carboxylic acids is 1. The van der Waals surface area contributed by atoms with E-state index in [1.54, 1.807) is 38.2 Å². The number of rotatable bonds is 5. The van der Waals surface area contributed by atoms with E-state index >= 15 is 0 Å². The normalized spacial score (nSPS) is 16.7. The highest BCUT2D eigenvalue weighted by molar-refractivity contribution is 8.26. The standard InChI is InChI=1S/C29H25ClFN5O2S2/c1-18-22(15-25-28(38)36(29(39)40-25)17-19-5-3-4-6-24(19)30)26(33(2)27(37)23(18)16-32)35-13-11-34(12-14-35)21-9-7-20(31)8-10-21/h3-10,15H,11-14,17H2,1-2H3/b25-15+. The average molecular weight is 594 g/mol. The number of benzene rings is 2. The molecule has 0 saturated carbocycles. The summed E-state index contributed by atoms with van der Waals surface area (Å²) in [5.74, 6) is 0.0951. The SMILES string of the molecule is Cc1c(/C=C2/SC(=S)N(Cc3ccccc3Cl)C2=O)c(N2CCN(c3ccc(F)cc3)CC2)n(C)c(=O)c1C#N. The molecule has 0 spiro atoms. The van der Waals surface area contributed by atoms with Crippen molar-refractivity contribution in [2.24, 2.45) is 7.05 Å². The Morgan fingerprint density at radius 3 is 2.38 bits per heavy atom. The van der Waals surface area contributed by atoms with Crippen LogP contribution in [-0.2, 0) is 18.4 Å². The zero-order chi connectivity index (χ0) is 28.6. The zero-order valence-corrected chi connectivity index (χ0v) is 24.2. The summed E-state index contributed by atoms with van der Waals surface area (Å²) in [6.45, 7) is 4.45. The molecule has 2 saturated heterocycles. The largest absolute Gasteiger partial charge is 0.368 e. The molecule has 7 nitrogen and oxygen atoms in total. The molecule has 1 amide bonds. The number of hydrogen-bond donors (Lipinski definition) is 0. The average Bonchev–Trinajstić information content (AvgIpc) is 3.21. The third-order valence-corrected chi connectivity index (χ3v) is 8.92. The van der Waals surface area contributed by atoms with Gasteiger partial charge in [0.25, 0.3) is 11.5 Å². The number of nitriles is 1. The topological polar surface area (TPSA) is 72.6 Å². The summed E-state index contributed by atoms with van der Waals surface area (Å²) in [4.78, 5) is 32.8. The van der Waals surface area contributed by atoms with E-state index in [1.165, 1.54) is 33.4 Å². The van der Waals surface area contributed by atoms with E-state index in [0.29, 0.717) is 57.4 Å². The Morgan fingerprint density at radius 2 is 1.73 bits per heavy atom. The second kappa shape index (κ2) is 11.5. The summed E-state index contributed by atoms with van der Waals surface area (Å²) in [6.07, 6.45) is 1.74. The molecular weight excluding hydrogens is 569 g/mol. The molecular formula is C29H25ClFN5O2S2. The van der Waals surface area contributed by atoms with Crippen molar-refractivity contribution in [3.05, 3.63) is 96.9 Å². The van der Waals surface area contributed by atoms with Crippen molar-refractivity contribution in [1.29, 1.82) is 5.26 Å². The molecule has 40 heavy (non-hydrogen) atoms. The highest BCUT2D eigenvalue weighted by Gasteiger charge is 2.34. The summed E-state index contributed by atoms with van der Waals surface area (Å²) in [5, 5.41) is 10.3. The molecule has 0 atom stereocenters. The monoisotopic (exact) mass is 593 g/mol. The highest BCUT2D eigenvalue weighted by atomic mass is 35.5. The minimum absolute atomic E-state index is 0.0361. The number of hydrogen-bond acceptors (Lipinski definition) is 7. The number of piperazine rings is 1. The van der Waals surface area contributed by atoms with E-state index in [1.807, 2.05) is 24.3 Å². The molecule has 0 N–H and O–H groups in total. The van der Waals surface area contributed by atoms with Gasteiger partial charge in [-0.05, 0) is 54.5 Å². The number of thiocarbonyl (C=S) groups is 1. The minimum atomic E-state index is -0.389. The van der Waals surface area contributed by atoms with E-state index in [2.05, 4.69) is 9.80 Å². The molecule has 5 rings (SSSR count). The van der Waals surface area contributed by atoms with Gasteiger partial charge in [0.15, 0.2) is 0 Å². The van der Waals surface area contributed by atoms with E-state index in [-0.39, 0.29) is 29.4 Å². The molecule has 1 aromatic heterocycles. The van der Waals surface area contributed by atoms with E-state index < -0.39 is 0 Å². The van der Waals surface area contributed by atoms with Crippen molar-refractivity contribution in [2.45, 2.75) is 13.5 Å². The molecule has 2 aliphatic rings. The summed E-state index contributed by atoms with van der Waals surface area (Å²) in [5.41, 5.74) is 2.50. The van der Waals surface area contributed by atoms with Gasteiger partial charge in [0.05, 0.1) is 11.4 Å². The predicted molar refractivity (Wildman–Crippen MR) is 162 cm³/mol. The lowest BCUT2D eigenvalue weighted by molar-refractivity contribution is -0.122. The number of nitrogens with zero attached hydrogens (tertiary/aromatic N) is 5. The Labute approximate surface area is 246 Å². The lowest BCUT2D eigenvalue weighted by Gasteiger charge is -2.38. The van der Waals surface area contributed by atoms with Gasteiger partial charge < -0.3 is 9.80 Å². The fraction of sp³-hybridized carbons (Fsp3) is 0.241. The molecule has 3 heterocycles. The second-order valence-electron chi connectivity index (χ2n) is 9.52. The molecule has 204 valence electrons. The fourth-order valence-electron chi connectivity index (χ4n) is 4.99. The van der Waals surface area contributed by atoms with Crippen molar-refractivity contribution in [3.63, 3.8) is 0 Å². The van der Waals surface area contributed by atoms with Crippen molar-refractivity contribution in [1.82, 2.24) is 9.47 Å². The number of carbonyl (C=O) groups is 1. The first-order chi connectivity index (χ1) is 19.2. The van der Waals surface area contributed by atoms with Gasteiger partial charge in [-0.15, -0.1) is 0 Å². The maximum atomic E-state index is 13.5. The fourth-order valence-corrected chi connectivity index (χ4v) is 6.42. The van der Waals surface area contributed by atoms with Gasteiger partial charge in [0.1, 0.15) is 27.6 Å². The van der Waals surface area contributed by atoms with Crippen LogP contribution in [0.25, 0.3) is 6.08 Å². The highest BCUT2D eigenvalue weighted by Crippen LogP contribution is 2.37. The number of pyridine rings is 1. The summed E-state index contributed by atoms with van der Waals surface area (Å²) < 4.78 is 15.3. The van der Waals surface area contributed by atoms with Crippen molar-refractivity contribution >= 4 is 63.4 Å². The van der Waals surface area contributed by atoms with Crippen LogP contribution < -0.4 is 15.4 Å². The van der Waals surface area contributed by atoms with Crippen LogP contribution in [0.5, 0.6) is 0 Å². The maximum absolute atomic E-state index is 13.5. The van der Waals surface area contributed by atoms with Gasteiger partial charge in [0.2, 0.25) is 0 Å². The van der Waals surface area contributed by atoms with Crippen molar-refractivity contribution in [3.8, 4) is 6.07 Å². The minimum Gasteiger partial charge on any atom is -0.368 e. The number of aromatic nitrogens is 1. The maximum Gasteiger partial charge on any atom is 0.270 e. The molecule has 3 aromatic rings. The van der Waals surface area contributed by atoms with Crippen LogP contribution in [0.3, 0.4) is 0 Å². The Hall–Kier alpha value is -3.65. The van der Waals surface area contributed by atoms with Crippen molar-refractivity contribution in [2.75, 3.05) is 36.0 Å². The first kappa shape index (κ1) is 27.9. The first-order valence-corrected chi connectivity index (χ1v) is 14.2. The smallest absolute Gasteiger partial charge is 0.270 e. The number of anilines is 2. The Kier molecular flexibility index (Phi) is 7.99. The molecule has 0 unspecified atom stereocenters. The Morgan fingerprint density at radius 1 is 1.07 bits per heavy atom. The van der Waals surface area contributed by atoms with Crippen LogP contribution in [0.1, 0.15) is 22.3 Å². The van der Waals surface area contributed by atoms with E-state index in [0.717, 1.165) is 11.3 Å². The molecule has 0 radical (unpaired) electrons. The zero-order valence-electron chi connectivity index (χ0n) is 21.9. The molecule has 2 aliphatic heterocycles. The van der Waals surface area contributed by atoms with Gasteiger partial charge in [-0.3, -0.25) is 19.1 Å². The van der Waals surface area contributed by atoms with Crippen LogP contribution in [0.2, 0.25) is 5.02 Å². The number of amides is 1. The van der Waals surface area contributed by atoms with Crippen molar-refractivity contribution < 1.29 is 9.18 Å². The predicted octanol–water partition coefficient (Wildman–Crippen LogP) is 5.09. The van der Waals surface area contributed by atoms with Crippen LogP contribution in [0.4, 0.5) is 15.9 Å². The summed E-state index contributed by atoms with van der Waals surface area (Å²) in [7, 11) is 1.64. The third kappa shape index (κ3) is 5.24. The number of halogens is 2. The first-order valence-electron chi connectivity index (χ1n) is 12.6. The van der Waals surface area contributed by atoms with Crippen LogP contribution in [0.15, 0.2) is 58.2 Å². The van der Waals surface area contributed by atoms with Gasteiger partial charge in [-0.1, -0.05) is 53.8 Å². The third-order valence-electron chi connectivity index (χ3n) is 7.17. The van der Waals surface area contributed by atoms with Gasteiger partial charge in [0, 0.05) is 49.5 Å². The summed E-state index contributed by atoms with van der Waals surface area (Å²) in [6, 6.07) is 15.7.